The van der Waals surface area contributed by atoms with Crippen LogP contribution in [0.5, 0.6) is 0 Å². The van der Waals surface area contributed by atoms with E-state index in [4.69, 9.17) is 4.63 Å². The van der Waals surface area contributed by atoms with Crippen LogP contribution in [0.2, 0.25) is 0 Å². The monoisotopic (exact) mass is 390 g/mol. The number of hydrogen-bond acceptors (Lipinski definition) is 7. The minimum Gasteiger partial charge on any atom is -0.370 e. The zero-order chi connectivity index (χ0) is 19.6. The molecule has 5 rings (SSSR count). The Bertz CT molecular complexity index is 981. The van der Waals surface area contributed by atoms with Gasteiger partial charge in [0.1, 0.15) is 11.4 Å². The summed E-state index contributed by atoms with van der Waals surface area (Å²) >= 11 is 0. The molecule has 3 aromatic rings. The van der Waals surface area contributed by atoms with Crippen molar-refractivity contribution < 1.29 is 4.63 Å². The fourth-order valence-corrected chi connectivity index (χ4v) is 4.57. The molecule has 0 amide bonds. The van der Waals surface area contributed by atoms with Crippen molar-refractivity contribution in [1.29, 1.82) is 0 Å². The third-order valence-corrected chi connectivity index (χ3v) is 6.09. The van der Waals surface area contributed by atoms with Gasteiger partial charge in [0.05, 0.1) is 23.6 Å². The van der Waals surface area contributed by atoms with E-state index in [1.807, 2.05) is 13.1 Å². The minimum absolute atomic E-state index is 0.281. The average Bonchev–Trinajstić information content (AvgIpc) is 3.50. The van der Waals surface area contributed by atoms with Gasteiger partial charge in [0.2, 0.25) is 0 Å². The van der Waals surface area contributed by atoms with Gasteiger partial charge in [0.25, 0.3) is 0 Å². The molecule has 2 fully saturated rings. The van der Waals surface area contributed by atoms with E-state index >= 15 is 0 Å². The van der Waals surface area contributed by atoms with Crippen molar-refractivity contribution in [3.8, 4) is 11.3 Å². The molecule has 4 heterocycles. The average molecular weight is 390 g/mol. The normalized spacial score (nSPS) is 19.9. The molecule has 0 radical (unpaired) electrons. The van der Waals surface area contributed by atoms with Crippen LogP contribution in [-0.4, -0.2) is 45.0 Å². The van der Waals surface area contributed by atoms with E-state index in [1.165, 1.54) is 30.5 Å². The van der Waals surface area contributed by atoms with Crippen LogP contribution in [-0.2, 0) is 6.54 Å². The van der Waals surface area contributed by atoms with E-state index in [0.29, 0.717) is 0 Å². The molecule has 2 aliphatic rings. The second kappa shape index (κ2) is 7.91. The third-order valence-electron chi connectivity index (χ3n) is 6.09. The van der Waals surface area contributed by atoms with Crippen LogP contribution >= 0.6 is 0 Å². The van der Waals surface area contributed by atoms with E-state index < -0.39 is 0 Å². The molecular weight excluding hydrogens is 364 g/mol. The summed E-state index contributed by atoms with van der Waals surface area (Å²) in [6, 6.07) is 11.1. The van der Waals surface area contributed by atoms with Crippen LogP contribution in [0.3, 0.4) is 0 Å². The molecule has 0 aliphatic carbocycles. The van der Waals surface area contributed by atoms with Crippen molar-refractivity contribution in [3.63, 3.8) is 0 Å². The first kappa shape index (κ1) is 18.2. The summed E-state index contributed by atoms with van der Waals surface area (Å²) < 4.78 is 4.94. The number of aryl methyl sites for hydroxylation is 1. The molecule has 1 unspecified atom stereocenters. The van der Waals surface area contributed by atoms with Crippen LogP contribution in [0, 0.1) is 6.92 Å². The van der Waals surface area contributed by atoms with Gasteiger partial charge in [0.15, 0.2) is 0 Å². The van der Waals surface area contributed by atoms with Crippen molar-refractivity contribution in [3.05, 3.63) is 53.5 Å². The summed E-state index contributed by atoms with van der Waals surface area (Å²) in [5.74, 6) is 0. The number of hydrogen-bond donors (Lipinski definition) is 0. The third kappa shape index (κ3) is 3.74. The maximum Gasteiger partial charge on any atom is 0.125 e. The Hall–Kier alpha value is -2.80. The number of nitrogens with zero attached hydrogens (tertiary/aromatic N) is 6. The lowest BCUT2D eigenvalue weighted by Crippen LogP contribution is -2.23. The summed E-state index contributed by atoms with van der Waals surface area (Å²) in [4.78, 5) is 4.86. The quantitative estimate of drug-likeness (QED) is 0.657. The molecule has 1 aromatic carbocycles. The first-order chi connectivity index (χ1) is 14.3. The minimum atomic E-state index is 0.281. The van der Waals surface area contributed by atoms with Gasteiger partial charge in [-0.05, 0) is 56.8 Å². The predicted octanol–water partition coefficient (Wildman–Crippen LogP) is 3.77. The van der Waals surface area contributed by atoms with Crippen molar-refractivity contribution in [2.45, 2.75) is 45.2 Å². The van der Waals surface area contributed by atoms with Crippen molar-refractivity contribution in [2.24, 2.45) is 0 Å². The van der Waals surface area contributed by atoms with E-state index in [-0.39, 0.29) is 6.04 Å². The van der Waals surface area contributed by atoms with Gasteiger partial charge in [-0.1, -0.05) is 28.5 Å². The molecule has 0 saturated carbocycles. The molecule has 29 heavy (non-hydrogen) atoms. The zero-order valence-electron chi connectivity index (χ0n) is 16.8. The Labute approximate surface area is 170 Å². The van der Waals surface area contributed by atoms with Gasteiger partial charge in [-0.3, -0.25) is 4.90 Å². The number of aromatic nitrogens is 4. The maximum absolute atomic E-state index is 4.94. The summed E-state index contributed by atoms with van der Waals surface area (Å²) in [6.07, 6.45) is 6.65. The number of likely N-dealkylation sites (tertiary alicyclic amines) is 1. The smallest absolute Gasteiger partial charge is 0.125 e. The lowest BCUT2D eigenvalue weighted by Gasteiger charge is -2.23. The molecule has 0 N–H and O–H groups in total. The largest absolute Gasteiger partial charge is 0.370 e. The van der Waals surface area contributed by atoms with Gasteiger partial charge in [-0.15, -0.1) is 0 Å². The molecule has 2 aliphatic heterocycles. The summed E-state index contributed by atoms with van der Waals surface area (Å²) in [7, 11) is 0. The summed E-state index contributed by atoms with van der Waals surface area (Å²) in [5.41, 5.74) is 6.37. The Kier molecular flexibility index (Phi) is 4.97. The van der Waals surface area contributed by atoms with Crippen molar-refractivity contribution >= 4 is 5.69 Å². The molecule has 2 aromatic heterocycles. The van der Waals surface area contributed by atoms with Gasteiger partial charge in [0, 0.05) is 25.2 Å². The molecule has 2 saturated heterocycles. The highest BCUT2D eigenvalue weighted by Gasteiger charge is 2.30. The highest BCUT2D eigenvalue weighted by molar-refractivity contribution is 5.64. The second-order valence-electron chi connectivity index (χ2n) is 8.06. The first-order valence-electron chi connectivity index (χ1n) is 10.5. The fraction of sp³-hybridized carbons (Fsp3) is 0.455. The zero-order valence-corrected chi connectivity index (χ0v) is 16.8. The molecule has 7 heteroatoms. The Morgan fingerprint density at radius 3 is 2.79 bits per heavy atom. The summed E-state index contributed by atoms with van der Waals surface area (Å²) in [6.45, 7) is 6.13. The maximum atomic E-state index is 4.94. The lowest BCUT2D eigenvalue weighted by atomic mass is 10.1. The lowest BCUT2D eigenvalue weighted by molar-refractivity contribution is 0.231. The first-order valence-corrected chi connectivity index (χ1v) is 10.5. The molecular formula is C22H26N6O. The van der Waals surface area contributed by atoms with Crippen LogP contribution in [0.25, 0.3) is 11.3 Å². The topological polar surface area (TPSA) is 71.2 Å². The highest BCUT2D eigenvalue weighted by atomic mass is 16.6. The standard InChI is InChI=1S/C22H26N6O/c1-16-22(26-29-25-16)21-8-5-11-28(21)15-17-6-4-7-18(12-17)20-13-19(14-23-24-20)27-9-2-3-10-27/h4,6-7,12-14,21H,2-3,5,8-11,15H2,1H3. The Morgan fingerprint density at radius 1 is 1.07 bits per heavy atom. The molecule has 0 spiro atoms. The van der Waals surface area contributed by atoms with Crippen LogP contribution < -0.4 is 4.90 Å². The highest BCUT2D eigenvalue weighted by Crippen LogP contribution is 2.34. The van der Waals surface area contributed by atoms with Crippen molar-refractivity contribution in [2.75, 3.05) is 24.5 Å². The Balaban J connectivity index is 1.36. The number of benzene rings is 1. The van der Waals surface area contributed by atoms with Gasteiger partial charge >= 0.3 is 0 Å². The number of rotatable bonds is 5. The molecule has 1 atom stereocenters. The summed E-state index contributed by atoms with van der Waals surface area (Å²) in [5, 5.41) is 16.8. The Morgan fingerprint density at radius 2 is 1.97 bits per heavy atom. The van der Waals surface area contributed by atoms with E-state index in [2.05, 4.69) is 60.6 Å². The second-order valence-corrected chi connectivity index (χ2v) is 8.06. The SMILES string of the molecule is Cc1nonc1C1CCCN1Cc1cccc(-c2cc(N3CCCC3)cnn2)c1. The number of anilines is 1. The van der Waals surface area contributed by atoms with Crippen molar-refractivity contribution in [1.82, 2.24) is 25.4 Å². The van der Waals surface area contributed by atoms with Gasteiger partial charge in [-0.25, -0.2) is 4.63 Å². The fourth-order valence-electron chi connectivity index (χ4n) is 4.57. The molecule has 150 valence electrons. The van der Waals surface area contributed by atoms with Crippen LogP contribution in [0.1, 0.15) is 48.7 Å². The van der Waals surface area contributed by atoms with E-state index in [9.17, 15) is 0 Å². The van der Waals surface area contributed by atoms with Crippen LogP contribution in [0.15, 0.2) is 41.2 Å². The molecule has 0 bridgehead atoms. The van der Waals surface area contributed by atoms with Gasteiger partial charge in [-0.2, -0.15) is 10.2 Å². The van der Waals surface area contributed by atoms with Crippen LogP contribution in [0.4, 0.5) is 5.69 Å². The molecule has 7 nitrogen and oxygen atoms in total. The predicted molar refractivity (Wildman–Crippen MR) is 110 cm³/mol. The van der Waals surface area contributed by atoms with E-state index in [1.54, 1.807) is 0 Å². The van der Waals surface area contributed by atoms with E-state index in [0.717, 1.165) is 55.2 Å². The van der Waals surface area contributed by atoms with Gasteiger partial charge < -0.3 is 4.90 Å².